The van der Waals surface area contributed by atoms with E-state index in [9.17, 15) is 4.79 Å². The van der Waals surface area contributed by atoms with Crippen LogP contribution in [0.4, 0.5) is 0 Å². The van der Waals surface area contributed by atoms with Gasteiger partial charge in [-0.15, -0.1) is 0 Å². The fourth-order valence-electron chi connectivity index (χ4n) is 2.11. The molecule has 2 unspecified atom stereocenters. The second-order valence-corrected chi connectivity index (χ2v) is 6.13. The molecule has 0 spiro atoms. The molecule has 5 heteroatoms. The molecule has 0 radical (unpaired) electrons. The zero-order valence-corrected chi connectivity index (χ0v) is 15.2. The van der Waals surface area contributed by atoms with Gasteiger partial charge in [0.15, 0.2) is 5.96 Å². The summed E-state index contributed by atoms with van der Waals surface area (Å²) in [4.78, 5) is 17.8. The fraction of sp³-hybridized carbons (Fsp3) is 0.556. The van der Waals surface area contributed by atoms with E-state index in [-0.39, 0.29) is 18.5 Å². The number of guanidine groups is 1. The van der Waals surface area contributed by atoms with Gasteiger partial charge in [0.05, 0.1) is 6.04 Å². The number of amides is 1. The number of hydrogen-bond donors (Lipinski definition) is 2. The van der Waals surface area contributed by atoms with Crippen molar-refractivity contribution >= 4 is 11.9 Å². The first kappa shape index (κ1) is 19.0. The first-order valence-corrected chi connectivity index (χ1v) is 8.18. The Hall–Kier alpha value is -2.04. The van der Waals surface area contributed by atoms with Crippen molar-refractivity contribution in [1.29, 1.82) is 0 Å². The second kappa shape index (κ2) is 9.18. The number of nitrogens with one attached hydrogen (secondary N) is 2. The van der Waals surface area contributed by atoms with Gasteiger partial charge in [-0.2, -0.15) is 0 Å². The second-order valence-electron chi connectivity index (χ2n) is 6.13. The topological polar surface area (TPSA) is 56.7 Å². The van der Waals surface area contributed by atoms with Gasteiger partial charge in [0.2, 0.25) is 5.91 Å². The maximum absolute atomic E-state index is 11.8. The lowest BCUT2D eigenvalue weighted by atomic mass is 10.0. The van der Waals surface area contributed by atoms with Gasteiger partial charge in [-0.3, -0.25) is 4.79 Å². The molecule has 0 aliphatic rings. The first-order chi connectivity index (χ1) is 10.8. The van der Waals surface area contributed by atoms with Crippen LogP contribution in [0.1, 0.15) is 44.4 Å². The molecule has 0 aromatic heterocycles. The summed E-state index contributed by atoms with van der Waals surface area (Å²) in [6, 6.07) is 8.68. The molecule has 2 atom stereocenters. The summed E-state index contributed by atoms with van der Waals surface area (Å²) in [6.45, 7) is 8.56. The van der Waals surface area contributed by atoms with Crippen molar-refractivity contribution in [2.45, 2.75) is 46.2 Å². The van der Waals surface area contributed by atoms with Crippen molar-refractivity contribution in [3.8, 4) is 0 Å². The average molecular weight is 318 g/mol. The average Bonchev–Trinajstić information content (AvgIpc) is 2.52. The van der Waals surface area contributed by atoms with Crippen LogP contribution in [0.25, 0.3) is 0 Å². The Morgan fingerprint density at radius 2 is 1.87 bits per heavy atom. The van der Waals surface area contributed by atoms with Crippen LogP contribution in [0.2, 0.25) is 0 Å². The highest BCUT2D eigenvalue weighted by Gasteiger charge is 2.12. The number of aliphatic imine (C=N–C) groups is 1. The number of nitrogens with zero attached hydrogens (tertiary/aromatic N) is 2. The van der Waals surface area contributed by atoms with E-state index in [0.29, 0.717) is 12.0 Å². The van der Waals surface area contributed by atoms with Gasteiger partial charge in [-0.25, -0.2) is 4.99 Å². The molecule has 5 nitrogen and oxygen atoms in total. The van der Waals surface area contributed by atoms with Crippen LogP contribution in [-0.4, -0.2) is 43.4 Å². The highest BCUT2D eigenvalue weighted by atomic mass is 16.2. The van der Waals surface area contributed by atoms with Crippen LogP contribution in [0, 0.1) is 6.92 Å². The van der Waals surface area contributed by atoms with Gasteiger partial charge in [-0.05, 0) is 38.3 Å². The maximum atomic E-state index is 11.8. The van der Waals surface area contributed by atoms with Crippen LogP contribution < -0.4 is 10.6 Å². The zero-order chi connectivity index (χ0) is 17.4. The molecule has 0 saturated carbocycles. The minimum atomic E-state index is -0.0150. The Morgan fingerprint density at radius 3 is 2.43 bits per heavy atom. The molecule has 0 aliphatic carbocycles. The third-order valence-corrected chi connectivity index (χ3v) is 3.87. The van der Waals surface area contributed by atoms with Gasteiger partial charge in [0, 0.05) is 20.1 Å². The van der Waals surface area contributed by atoms with Crippen molar-refractivity contribution in [1.82, 2.24) is 15.5 Å². The standard InChI is InChI=1S/C18H30N4O/c1-7-14(3)20-18(19-12-17(23)22(5)6)21-15(4)16-11-9-8-10-13(16)2/h8-11,14-15H,7,12H2,1-6H3,(H2,19,20,21). The van der Waals surface area contributed by atoms with Crippen LogP contribution in [0.5, 0.6) is 0 Å². The quantitative estimate of drug-likeness (QED) is 0.626. The summed E-state index contributed by atoms with van der Waals surface area (Å²) in [5.41, 5.74) is 2.46. The number of aryl methyl sites for hydroxylation is 1. The normalized spacial score (nSPS) is 14.1. The molecule has 1 aromatic rings. The molecular formula is C18H30N4O. The largest absolute Gasteiger partial charge is 0.354 e. The van der Waals surface area contributed by atoms with Crippen molar-refractivity contribution in [2.75, 3.05) is 20.6 Å². The molecule has 0 heterocycles. The van der Waals surface area contributed by atoms with Crippen LogP contribution in [0.3, 0.4) is 0 Å². The smallest absolute Gasteiger partial charge is 0.243 e. The number of benzene rings is 1. The molecule has 128 valence electrons. The highest BCUT2D eigenvalue weighted by Crippen LogP contribution is 2.16. The maximum Gasteiger partial charge on any atom is 0.243 e. The van der Waals surface area contributed by atoms with E-state index in [4.69, 9.17) is 0 Å². The molecular weight excluding hydrogens is 288 g/mol. The lowest BCUT2D eigenvalue weighted by molar-refractivity contribution is -0.127. The molecule has 1 aromatic carbocycles. The number of hydrogen-bond acceptors (Lipinski definition) is 2. The van der Waals surface area contributed by atoms with Gasteiger partial charge < -0.3 is 15.5 Å². The van der Waals surface area contributed by atoms with Gasteiger partial charge in [0.1, 0.15) is 6.54 Å². The molecule has 23 heavy (non-hydrogen) atoms. The fourth-order valence-corrected chi connectivity index (χ4v) is 2.11. The molecule has 1 rings (SSSR count). The third kappa shape index (κ3) is 6.30. The molecule has 1 amide bonds. The summed E-state index contributed by atoms with van der Waals surface area (Å²) < 4.78 is 0. The Morgan fingerprint density at radius 1 is 1.22 bits per heavy atom. The van der Waals surface area contributed by atoms with Gasteiger partial charge in [-0.1, -0.05) is 31.2 Å². The predicted octanol–water partition coefficient (Wildman–Crippen LogP) is 2.48. The molecule has 0 aliphatic heterocycles. The molecule has 0 bridgehead atoms. The van der Waals surface area contributed by atoms with E-state index in [1.165, 1.54) is 11.1 Å². The minimum absolute atomic E-state index is 0.0150. The Bertz CT molecular complexity index is 540. The van der Waals surface area contributed by atoms with E-state index in [1.807, 2.05) is 12.1 Å². The van der Waals surface area contributed by atoms with Crippen LogP contribution in [-0.2, 0) is 4.79 Å². The van der Waals surface area contributed by atoms with Gasteiger partial charge >= 0.3 is 0 Å². The Labute approximate surface area is 140 Å². The van der Waals surface area contributed by atoms with E-state index >= 15 is 0 Å². The summed E-state index contributed by atoms with van der Waals surface area (Å²) in [6.07, 6.45) is 0.987. The lowest BCUT2D eigenvalue weighted by Crippen LogP contribution is -2.43. The Balaban J connectivity index is 2.85. The number of likely N-dealkylation sites (N-methyl/N-ethyl adjacent to an activating group) is 1. The van der Waals surface area contributed by atoms with Crippen molar-refractivity contribution in [3.63, 3.8) is 0 Å². The van der Waals surface area contributed by atoms with Gasteiger partial charge in [0.25, 0.3) is 0 Å². The molecule has 2 N–H and O–H groups in total. The van der Waals surface area contributed by atoms with E-state index in [2.05, 4.69) is 55.5 Å². The lowest BCUT2D eigenvalue weighted by Gasteiger charge is -2.22. The zero-order valence-electron chi connectivity index (χ0n) is 15.2. The summed E-state index contributed by atoms with van der Waals surface area (Å²) in [5, 5.41) is 6.75. The monoisotopic (exact) mass is 318 g/mol. The first-order valence-electron chi connectivity index (χ1n) is 8.18. The third-order valence-electron chi connectivity index (χ3n) is 3.87. The van der Waals surface area contributed by atoms with Crippen molar-refractivity contribution in [3.05, 3.63) is 35.4 Å². The van der Waals surface area contributed by atoms with E-state index < -0.39 is 0 Å². The van der Waals surface area contributed by atoms with Crippen molar-refractivity contribution in [2.24, 2.45) is 4.99 Å². The molecule has 0 fully saturated rings. The van der Waals surface area contributed by atoms with Crippen molar-refractivity contribution < 1.29 is 4.79 Å². The predicted molar refractivity (Wildman–Crippen MR) is 96.6 cm³/mol. The number of carbonyl (C=O) groups is 1. The van der Waals surface area contributed by atoms with E-state index in [0.717, 1.165) is 6.42 Å². The van der Waals surface area contributed by atoms with Crippen LogP contribution in [0.15, 0.2) is 29.3 Å². The summed E-state index contributed by atoms with van der Waals surface area (Å²) in [5.74, 6) is 0.657. The SMILES string of the molecule is CCC(C)NC(=NCC(=O)N(C)C)NC(C)c1ccccc1C. The summed E-state index contributed by atoms with van der Waals surface area (Å²) in [7, 11) is 3.48. The minimum Gasteiger partial charge on any atom is -0.354 e. The summed E-state index contributed by atoms with van der Waals surface area (Å²) >= 11 is 0. The highest BCUT2D eigenvalue weighted by molar-refractivity contribution is 5.85. The van der Waals surface area contributed by atoms with E-state index in [1.54, 1.807) is 19.0 Å². The molecule has 0 saturated heterocycles. The number of rotatable bonds is 6. The van der Waals surface area contributed by atoms with Crippen LogP contribution >= 0.6 is 0 Å². The number of carbonyl (C=O) groups excluding carboxylic acids is 1. The Kier molecular flexibility index (Phi) is 7.59.